The predicted molar refractivity (Wildman–Crippen MR) is 97.3 cm³/mol. The zero-order valence-electron chi connectivity index (χ0n) is 14.1. The maximum absolute atomic E-state index is 12.4. The van der Waals surface area contributed by atoms with Gasteiger partial charge in [-0.3, -0.25) is 9.78 Å². The Labute approximate surface area is 152 Å². The number of carbonyl (C=O) groups excluding carboxylic acids is 1. The molecular formula is C18H21ClN4O2. The molecule has 0 atom stereocenters. The lowest BCUT2D eigenvalue weighted by molar-refractivity contribution is 0.0942. The highest BCUT2D eigenvalue weighted by Crippen LogP contribution is 2.23. The van der Waals surface area contributed by atoms with Gasteiger partial charge in [-0.15, -0.1) is 0 Å². The van der Waals surface area contributed by atoms with Crippen LogP contribution in [0.4, 0.5) is 5.82 Å². The van der Waals surface area contributed by atoms with E-state index in [1.165, 1.54) is 0 Å². The number of hydrogen-bond acceptors (Lipinski definition) is 5. The van der Waals surface area contributed by atoms with Crippen molar-refractivity contribution in [3.8, 4) is 5.75 Å². The molecule has 0 saturated carbocycles. The van der Waals surface area contributed by atoms with E-state index in [4.69, 9.17) is 16.3 Å². The SMILES string of the molecule is COc1ccc(Cl)cc1C(=O)NCC1CCN(c2cnccn2)CC1. The van der Waals surface area contributed by atoms with E-state index in [0.717, 1.165) is 31.7 Å². The molecule has 0 bridgehead atoms. The minimum Gasteiger partial charge on any atom is -0.496 e. The molecule has 7 heteroatoms. The summed E-state index contributed by atoms with van der Waals surface area (Å²) in [5.74, 6) is 1.73. The number of rotatable bonds is 5. The van der Waals surface area contributed by atoms with Crippen molar-refractivity contribution < 1.29 is 9.53 Å². The monoisotopic (exact) mass is 360 g/mol. The van der Waals surface area contributed by atoms with Crippen molar-refractivity contribution in [1.82, 2.24) is 15.3 Å². The number of aromatic nitrogens is 2. The maximum atomic E-state index is 12.4. The number of amides is 1. The molecule has 1 aromatic heterocycles. The Bertz CT molecular complexity index is 718. The zero-order valence-corrected chi connectivity index (χ0v) is 14.9. The average Bonchev–Trinajstić information content (AvgIpc) is 2.67. The van der Waals surface area contributed by atoms with Crippen LogP contribution in [0.15, 0.2) is 36.8 Å². The summed E-state index contributed by atoms with van der Waals surface area (Å²) in [7, 11) is 1.54. The van der Waals surface area contributed by atoms with Gasteiger partial charge in [0.2, 0.25) is 0 Å². The summed E-state index contributed by atoms with van der Waals surface area (Å²) >= 11 is 5.99. The summed E-state index contributed by atoms with van der Waals surface area (Å²) < 4.78 is 5.24. The fourth-order valence-electron chi connectivity index (χ4n) is 3.01. The van der Waals surface area contributed by atoms with Gasteiger partial charge >= 0.3 is 0 Å². The van der Waals surface area contributed by atoms with Gasteiger partial charge < -0.3 is 15.0 Å². The molecule has 2 heterocycles. The van der Waals surface area contributed by atoms with E-state index in [-0.39, 0.29) is 5.91 Å². The Balaban J connectivity index is 1.52. The Morgan fingerprint density at radius 3 is 2.84 bits per heavy atom. The first-order valence-corrected chi connectivity index (χ1v) is 8.68. The lowest BCUT2D eigenvalue weighted by atomic mass is 9.96. The Kier molecular flexibility index (Phi) is 5.71. The van der Waals surface area contributed by atoms with Crippen LogP contribution < -0.4 is 15.0 Å². The van der Waals surface area contributed by atoms with Crippen LogP contribution in [-0.4, -0.2) is 42.6 Å². The van der Waals surface area contributed by atoms with Crippen molar-refractivity contribution in [3.05, 3.63) is 47.4 Å². The molecular weight excluding hydrogens is 340 g/mol. The number of carbonyl (C=O) groups is 1. The van der Waals surface area contributed by atoms with Gasteiger partial charge in [0.05, 0.1) is 18.9 Å². The molecule has 1 aliphatic heterocycles. The van der Waals surface area contributed by atoms with Crippen molar-refractivity contribution in [2.45, 2.75) is 12.8 Å². The van der Waals surface area contributed by atoms with E-state index >= 15 is 0 Å². The lowest BCUT2D eigenvalue weighted by Gasteiger charge is -2.32. The number of piperidine rings is 1. The Hall–Kier alpha value is -2.34. The van der Waals surface area contributed by atoms with Gasteiger partial charge in [0.25, 0.3) is 5.91 Å². The lowest BCUT2D eigenvalue weighted by Crippen LogP contribution is -2.39. The van der Waals surface area contributed by atoms with E-state index in [0.29, 0.717) is 28.8 Å². The van der Waals surface area contributed by atoms with Crippen molar-refractivity contribution in [2.75, 3.05) is 31.6 Å². The standard InChI is InChI=1S/C18H21ClN4O2/c1-25-16-3-2-14(19)10-15(16)18(24)22-11-13-4-8-23(9-5-13)17-12-20-6-7-21-17/h2-3,6-7,10,12-13H,4-5,8-9,11H2,1H3,(H,22,24). The van der Waals surface area contributed by atoms with E-state index in [1.54, 1.807) is 43.9 Å². The van der Waals surface area contributed by atoms with Crippen LogP contribution in [0.3, 0.4) is 0 Å². The van der Waals surface area contributed by atoms with Crippen LogP contribution in [-0.2, 0) is 0 Å². The second kappa shape index (κ2) is 8.16. The zero-order chi connectivity index (χ0) is 17.6. The first kappa shape index (κ1) is 17.5. The molecule has 0 spiro atoms. The summed E-state index contributed by atoms with van der Waals surface area (Å²) in [6, 6.07) is 5.04. The molecule has 1 fully saturated rings. The van der Waals surface area contributed by atoms with Crippen molar-refractivity contribution in [3.63, 3.8) is 0 Å². The molecule has 2 aromatic rings. The first-order chi connectivity index (χ1) is 12.2. The van der Waals surface area contributed by atoms with Gasteiger partial charge in [0.15, 0.2) is 0 Å². The fourth-order valence-corrected chi connectivity index (χ4v) is 3.18. The quantitative estimate of drug-likeness (QED) is 0.888. The summed E-state index contributed by atoms with van der Waals surface area (Å²) in [5, 5.41) is 3.52. The number of halogens is 1. The van der Waals surface area contributed by atoms with Gasteiger partial charge in [-0.2, -0.15) is 0 Å². The number of nitrogens with one attached hydrogen (secondary N) is 1. The van der Waals surface area contributed by atoms with Gasteiger partial charge in [0.1, 0.15) is 11.6 Å². The van der Waals surface area contributed by atoms with Crippen LogP contribution in [0.25, 0.3) is 0 Å². The largest absolute Gasteiger partial charge is 0.496 e. The normalized spacial score (nSPS) is 15.0. The molecule has 1 saturated heterocycles. The smallest absolute Gasteiger partial charge is 0.255 e. The van der Waals surface area contributed by atoms with Gasteiger partial charge in [-0.1, -0.05) is 11.6 Å². The van der Waals surface area contributed by atoms with Crippen LogP contribution in [0.2, 0.25) is 5.02 Å². The minimum absolute atomic E-state index is 0.157. The molecule has 1 aromatic carbocycles. The second-order valence-corrected chi connectivity index (χ2v) is 6.49. The highest BCUT2D eigenvalue weighted by atomic mass is 35.5. The molecule has 1 amide bonds. The van der Waals surface area contributed by atoms with Crippen molar-refractivity contribution in [2.24, 2.45) is 5.92 Å². The van der Waals surface area contributed by atoms with E-state index < -0.39 is 0 Å². The number of nitrogens with zero attached hydrogens (tertiary/aromatic N) is 3. The molecule has 6 nitrogen and oxygen atoms in total. The highest BCUT2D eigenvalue weighted by molar-refractivity contribution is 6.31. The second-order valence-electron chi connectivity index (χ2n) is 6.05. The summed E-state index contributed by atoms with van der Waals surface area (Å²) in [6.45, 7) is 2.47. The average molecular weight is 361 g/mol. The van der Waals surface area contributed by atoms with Crippen molar-refractivity contribution >= 4 is 23.3 Å². The van der Waals surface area contributed by atoms with Crippen LogP contribution in [0, 0.1) is 5.92 Å². The van der Waals surface area contributed by atoms with Crippen LogP contribution >= 0.6 is 11.6 Å². The fraction of sp³-hybridized carbons (Fsp3) is 0.389. The van der Waals surface area contributed by atoms with Crippen LogP contribution in [0.5, 0.6) is 5.75 Å². The van der Waals surface area contributed by atoms with Crippen molar-refractivity contribution in [1.29, 1.82) is 0 Å². The number of anilines is 1. The predicted octanol–water partition coefficient (Wildman–Crippen LogP) is 2.79. The maximum Gasteiger partial charge on any atom is 0.255 e. The Morgan fingerprint density at radius 2 is 2.16 bits per heavy atom. The molecule has 25 heavy (non-hydrogen) atoms. The van der Waals surface area contributed by atoms with Gasteiger partial charge in [-0.25, -0.2) is 4.98 Å². The number of ether oxygens (including phenoxy) is 1. The third-order valence-electron chi connectivity index (χ3n) is 4.45. The van der Waals surface area contributed by atoms with E-state index in [9.17, 15) is 4.79 Å². The third kappa shape index (κ3) is 4.39. The van der Waals surface area contributed by atoms with E-state index in [1.807, 2.05) is 0 Å². The van der Waals surface area contributed by atoms with E-state index in [2.05, 4.69) is 20.2 Å². The summed E-state index contributed by atoms with van der Waals surface area (Å²) in [4.78, 5) is 23.1. The summed E-state index contributed by atoms with van der Waals surface area (Å²) in [5.41, 5.74) is 0.465. The highest BCUT2D eigenvalue weighted by Gasteiger charge is 2.21. The minimum atomic E-state index is -0.157. The molecule has 0 radical (unpaired) electrons. The molecule has 1 N–H and O–H groups in total. The number of methoxy groups -OCH3 is 1. The first-order valence-electron chi connectivity index (χ1n) is 8.30. The van der Waals surface area contributed by atoms with Gasteiger partial charge in [0, 0.05) is 37.1 Å². The molecule has 132 valence electrons. The van der Waals surface area contributed by atoms with Gasteiger partial charge in [-0.05, 0) is 37.0 Å². The van der Waals surface area contributed by atoms with Crippen LogP contribution in [0.1, 0.15) is 23.2 Å². The molecule has 0 aliphatic carbocycles. The number of benzene rings is 1. The third-order valence-corrected chi connectivity index (χ3v) is 4.68. The topological polar surface area (TPSA) is 67.3 Å². The molecule has 0 unspecified atom stereocenters. The Morgan fingerprint density at radius 1 is 1.36 bits per heavy atom. The summed E-state index contributed by atoms with van der Waals surface area (Å²) in [6.07, 6.45) is 7.18. The molecule has 1 aliphatic rings. The molecule has 3 rings (SSSR count). The number of hydrogen-bond donors (Lipinski definition) is 1.